The molecular formula is C14H24N4O3. The van der Waals surface area contributed by atoms with E-state index >= 15 is 0 Å². The summed E-state index contributed by atoms with van der Waals surface area (Å²) in [5, 5.41) is 10.8. The van der Waals surface area contributed by atoms with Crippen molar-refractivity contribution in [2.75, 3.05) is 26.4 Å². The molecule has 1 N–H and O–H groups in total. The van der Waals surface area contributed by atoms with Crippen LogP contribution in [0, 0.1) is 0 Å². The van der Waals surface area contributed by atoms with E-state index in [0.29, 0.717) is 25.6 Å². The zero-order valence-corrected chi connectivity index (χ0v) is 12.7. The van der Waals surface area contributed by atoms with Crippen LogP contribution in [-0.2, 0) is 20.7 Å². The van der Waals surface area contributed by atoms with Crippen LogP contribution in [0.4, 0.5) is 0 Å². The highest BCUT2D eigenvalue weighted by Crippen LogP contribution is 2.11. The molecule has 1 aliphatic rings. The van der Waals surface area contributed by atoms with E-state index in [2.05, 4.69) is 29.4 Å². The first kappa shape index (κ1) is 15.9. The molecule has 1 aromatic rings. The SMILES string of the molecule is CC(C)n1cnnc1CCNC(=O)COC[C@@H]1CCCO1. The predicted octanol–water partition coefficient (Wildman–Crippen LogP) is 0.713. The van der Waals surface area contributed by atoms with E-state index in [9.17, 15) is 4.79 Å². The number of ether oxygens (including phenoxy) is 2. The van der Waals surface area contributed by atoms with Crippen molar-refractivity contribution in [2.45, 2.75) is 45.3 Å². The summed E-state index contributed by atoms with van der Waals surface area (Å²) in [6.45, 7) is 6.06. The van der Waals surface area contributed by atoms with E-state index in [0.717, 1.165) is 25.3 Å². The van der Waals surface area contributed by atoms with Gasteiger partial charge in [-0.2, -0.15) is 0 Å². The van der Waals surface area contributed by atoms with Gasteiger partial charge >= 0.3 is 0 Å². The molecule has 0 aromatic carbocycles. The summed E-state index contributed by atoms with van der Waals surface area (Å²) in [5.74, 6) is 0.772. The molecule has 0 radical (unpaired) electrons. The van der Waals surface area contributed by atoms with E-state index in [1.54, 1.807) is 6.33 Å². The Hall–Kier alpha value is -1.47. The zero-order valence-electron chi connectivity index (χ0n) is 12.7. The highest BCUT2D eigenvalue weighted by atomic mass is 16.5. The van der Waals surface area contributed by atoms with Gasteiger partial charge in [0.25, 0.3) is 0 Å². The summed E-state index contributed by atoms with van der Waals surface area (Å²) in [6, 6.07) is 0.320. The van der Waals surface area contributed by atoms with Gasteiger partial charge in [-0.25, -0.2) is 0 Å². The number of carbonyl (C=O) groups is 1. The van der Waals surface area contributed by atoms with Gasteiger partial charge in [-0.05, 0) is 26.7 Å². The van der Waals surface area contributed by atoms with Crippen LogP contribution in [0.5, 0.6) is 0 Å². The minimum atomic E-state index is -0.108. The van der Waals surface area contributed by atoms with Crippen LogP contribution in [0.3, 0.4) is 0 Å². The van der Waals surface area contributed by atoms with Crippen LogP contribution in [0.1, 0.15) is 38.6 Å². The van der Waals surface area contributed by atoms with Crippen LogP contribution in [-0.4, -0.2) is 53.1 Å². The Kier molecular flexibility index (Phi) is 6.13. The fourth-order valence-electron chi connectivity index (χ4n) is 2.30. The molecule has 2 heterocycles. The first-order valence-corrected chi connectivity index (χ1v) is 7.51. The van der Waals surface area contributed by atoms with Gasteiger partial charge in [-0.1, -0.05) is 0 Å². The van der Waals surface area contributed by atoms with E-state index in [4.69, 9.17) is 9.47 Å². The zero-order chi connectivity index (χ0) is 15.1. The van der Waals surface area contributed by atoms with Gasteiger partial charge in [0.15, 0.2) is 0 Å². The Balaban J connectivity index is 1.59. The molecule has 0 saturated carbocycles. The summed E-state index contributed by atoms with van der Waals surface area (Å²) < 4.78 is 12.8. The van der Waals surface area contributed by atoms with Crippen molar-refractivity contribution < 1.29 is 14.3 Å². The molecule has 0 aliphatic carbocycles. The smallest absolute Gasteiger partial charge is 0.246 e. The molecule has 1 amide bonds. The second kappa shape index (κ2) is 8.09. The summed E-state index contributed by atoms with van der Waals surface area (Å²) in [4.78, 5) is 11.6. The van der Waals surface area contributed by atoms with Gasteiger partial charge in [-0.15, -0.1) is 10.2 Å². The molecule has 0 spiro atoms. The van der Waals surface area contributed by atoms with Crippen molar-refractivity contribution in [2.24, 2.45) is 0 Å². The Labute approximate surface area is 125 Å². The topological polar surface area (TPSA) is 78.3 Å². The van der Waals surface area contributed by atoms with Gasteiger partial charge in [0.2, 0.25) is 5.91 Å². The van der Waals surface area contributed by atoms with Gasteiger partial charge in [0.05, 0.1) is 12.7 Å². The van der Waals surface area contributed by atoms with E-state index < -0.39 is 0 Å². The van der Waals surface area contributed by atoms with Crippen molar-refractivity contribution >= 4 is 5.91 Å². The number of nitrogens with zero attached hydrogens (tertiary/aromatic N) is 3. The summed E-state index contributed by atoms with van der Waals surface area (Å²) >= 11 is 0. The Bertz CT molecular complexity index is 441. The number of carbonyl (C=O) groups excluding carboxylic acids is 1. The summed E-state index contributed by atoms with van der Waals surface area (Å²) in [5.41, 5.74) is 0. The van der Waals surface area contributed by atoms with Gasteiger partial charge in [0.1, 0.15) is 18.8 Å². The molecule has 118 valence electrons. The monoisotopic (exact) mass is 296 g/mol. The highest BCUT2D eigenvalue weighted by molar-refractivity contribution is 5.77. The van der Waals surface area contributed by atoms with Crippen LogP contribution in [0.25, 0.3) is 0 Å². The van der Waals surface area contributed by atoms with E-state index in [1.807, 2.05) is 4.57 Å². The molecule has 2 rings (SSSR count). The number of rotatable bonds is 8. The molecule has 21 heavy (non-hydrogen) atoms. The lowest BCUT2D eigenvalue weighted by molar-refractivity contribution is -0.126. The molecule has 0 unspecified atom stereocenters. The fraction of sp³-hybridized carbons (Fsp3) is 0.786. The van der Waals surface area contributed by atoms with Crippen molar-refractivity contribution in [1.29, 1.82) is 0 Å². The summed E-state index contributed by atoms with van der Waals surface area (Å²) in [7, 11) is 0. The molecular weight excluding hydrogens is 272 g/mol. The van der Waals surface area contributed by atoms with Crippen LogP contribution in [0.2, 0.25) is 0 Å². The highest BCUT2D eigenvalue weighted by Gasteiger charge is 2.16. The van der Waals surface area contributed by atoms with Crippen LogP contribution < -0.4 is 5.32 Å². The maximum Gasteiger partial charge on any atom is 0.246 e. The molecule has 1 fully saturated rings. The Morgan fingerprint density at radius 3 is 3.19 bits per heavy atom. The van der Waals surface area contributed by atoms with Crippen LogP contribution in [0.15, 0.2) is 6.33 Å². The number of nitrogens with one attached hydrogen (secondary N) is 1. The molecule has 1 atom stereocenters. The average molecular weight is 296 g/mol. The minimum Gasteiger partial charge on any atom is -0.376 e. The van der Waals surface area contributed by atoms with Gasteiger partial charge < -0.3 is 19.4 Å². The predicted molar refractivity (Wildman–Crippen MR) is 76.9 cm³/mol. The first-order valence-electron chi connectivity index (χ1n) is 7.51. The quantitative estimate of drug-likeness (QED) is 0.764. The standard InChI is InChI=1S/C14H24N4O3/c1-11(2)18-10-16-17-13(18)5-6-15-14(19)9-20-8-12-4-3-7-21-12/h10-12H,3-9H2,1-2H3,(H,15,19)/t12-/m0/s1. The van der Waals surface area contributed by atoms with E-state index in [-0.39, 0.29) is 18.6 Å². The van der Waals surface area contributed by atoms with Crippen molar-refractivity contribution in [1.82, 2.24) is 20.1 Å². The first-order chi connectivity index (χ1) is 10.2. The molecule has 7 heteroatoms. The maximum absolute atomic E-state index is 11.6. The lowest BCUT2D eigenvalue weighted by Gasteiger charge is -2.11. The molecule has 1 aliphatic heterocycles. The average Bonchev–Trinajstić information content (AvgIpc) is 3.09. The molecule has 7 nitrogen and oxygen atoms in total. The maximum atomic E-state index is 11.6. The molecule has 1 saturated heterocycles. The summed E-state index contributed by atoms with van der Waals surface area (Å²) in [6.07, 6.45) is 4.63. The van der Waals surface area contributed by atoms with Crippen molar-refractivity contribution in [3.8, 4) is 0 Å². The van der Waals surface area contributed by atoms with Gasteiger partial charge in [-0.3, -0.25) is 4.79 Å². The number of hydrogen-bond donors (Lipinski definition) is 1. The minimum absolute atomic E-state index is 0.0801. The Morgan fingerprint density at radius 2 is 2.48 bits per heavy atom. The number of aromatic nitrogens is 3. The number of hydrogen-bond acceptors (Lipinski definition) is 5. The largest absolute Gasteiger partial charge is 0.376 e. The third-order valence-corrected chi connectivity index (χ3v) is 3.44. The second-order valence-corrected chi connectivity index (χ2v) is 5.50. The lowest BCUT2D eigenvalue weighted by atomic mass is 10.2. The second-order valence-electron chi connectivity index (χ2n) is 5.50. The lowest BCUT2D eigenvalue weighted by Crippen LogP contribution is -2.31. The Morgan fingerprint density at radius 1 is 1.62 bits per heavy atom. The molecule has 1 aromatic heterocycles. The van der Waals surface area contributed by atoms with E-state index in [1.165, 1.54) is 0 Å². The number of amides is 1. The fourth-order valence-corrected chi connectivity index (χ4v) is 2.30. The third-order valence-electron chi connectivity index (χ3n) is 3.44. The van der Waals surface area contributed by atoms with Crippen LogP contribution >= 0.6 is 0 Å². The van der Waals surface area contributed by atoms with Crippen molar-refractivity contribution in [3.05, 3.63) is 12.2 Å². The van der Waals surface area contributed by atoms with Crippen molar-refractivity contribution in [3.63, 3.8) is 0 Å². The normalized spacial score (nSPS) is 18.3. The van der Waals surface area contributed by atoms with Gasteiger partial charge in [0, 0.05) is 25.6 Å². The third kappa shape index (κ3) is 5.09. The molecule has 0 bridgehead atoms.